The maximum atomic E-state index is 12.9. The summed E-state index contributed by atoms with van der Waals surface area (Å²) in [6.07, 6.45) is 0. The number of nitrogens with zero attached hydrogens (tertiary/aromatic N) is 10. The molecule has 0 spiro atoms. The summed E-state index contributed by atoms with van der Waals surface area (Å²) in [7, 11) is -37.8. The van der Waals surface area contributed by atoms with Crippen molar-refractivity contribution in [1.82, 2.24) is 29.9 Å². The van der Waals surface area contributed by atoms with Gasteiger partial charge in [0, 0.05) is 0 Å². The van der Waals surface area contributed by atoms with Crippen LogP contribution in [0.25, 0.3) is 21.5 Å². The first kappa shape index (κ1) is 92.7. The Morgan fingerprint density at radius 2 is 0.697 bits per heavy atom. The number of fused-ring (bicyclic) bond motifs is 2. The first-order valence-electron chi connectivity index (χ1n) is 23.5. The number of hydrogen-bond donors (Lipinski definition) is 8. The predicted molar refractivity (Wildman–Crippen MR) is 300 cm³/mol. The molecule has 0 fully saturated rings. The molecule has 0 unspecified atom stereocenters. The van der Waals surface area contributed by atoms with E-state index in [2.05, 4.69) is 70.3 Å². The van der Waals surface area contributed by atoms with Gasteiger partial charge in [-0.2, -0.15) is 26.8 Å². The summed E-state index contributed by atoms with van der Waals surface area (Å²) in [5.74, 6) is -2.49. The van der Waals surface area contributed by atoms with Gasteiger partial charge in [-0.15, -0.1) is 20.5 Å². The molecule has 0 amide bonds. The second-order valence-corrected chi connectivity index (χ2v) is 28.3. The van der Waals surface area contributed by atoms with Crippen LogP contribution in [0.4, 0.5) is 56.9 Å². The summed E-state index contributed by atoms with van der Waals surface area (Å²) in [6, 6.07) is 10.2. The van der Waals surface area contributed by atoms with Crippen molar-refractivity contribution >= 4 is 172 Å². The van der Waals surface area contributed by atoms with E-state index >= 15 is 0 Å². The van der Waals surface area contributed by atoms with E-state index in [1.54, 1.807) is 0 Å². The maximum Gasteiger partial charge on any atom is 1.00 e. The van der Waals surface area contributed by atoms with Crippen LogP contribution in [0.15, 0.2) is 166 Å². The zero-order valence-corrected chi connectivity index (χ0v) is 72.1. The minimum absolute atomic E-state index is 0. The van der Waals surface area contributed by atoms with E-state index in [4.69, 9.17) is 34.7 Å². The number of aromatic nitrogens is 6. The number of nitrogens with two attached hydrogens (primary N) is 2. The topological polar surface area (TPSA) is 681 Å². The molecule has 0 saturated heterocycles. The Balaban J connectivity index is 0.00000476. The zero-order chi connectivity index (χ0) is 67.7. The molecule has 10 N–H and O–H groups in total. The van der Waals surface area contributed by atoms with Crippen LogP contribution in [-0.4, -0.2) is 121 Å². The van der Waals surface area contributed by atoms with Crippen molar-refractivity contribution in [3.8, 4) is 11.5 Å². The van der Waals surface area contributed by atoms with Gasteiger partial charge in [0.25, 0.3) is 20.2 Å². The average molecular weight is 1600 g/mol. The standard InChI is InChI=1S/C44H32Cl2N16O23S7.7Na/c45-39-53-41(57-42(54-39)50-19-2-5-29(89(74,75)76)24(12-19)59-61-37-31(91(80,81)82)9-16-7-21(86(65,66)67)14-26(63)33(16)35(37)47)49-18-1-4-28(88(71,72)73)23(11-18)52-44-56-40(46)55-43(58-44)51-20-3-6-30(90(77,78)79)25(13-20)60-62-38-32(92(83,84)85)10-17-8-22(87(68,69)70)15-27(64)34(17)36(38)48;;;;;;;/h1-15,63-64H,47-48H2,(H,65,66,67)(H,68,69,70)(H,71,72,73)(H,74,75,76)(H,77,78,79)(H,80,81,82)(H,83,84,85)(H2,49,50,53,54,57)(H2,51,52,55,56,58);;;;;;;/q;7*+1/p-7. The molecular formula is C44H25Cl2N16Na7O23S7. The Morgan fingerprint density at radius 1 is 0.384 bits per heavy atom. The van der Waals surface area contributed by atoms with Crippen molar-refractivity contribution in [2.24, 2.45) is 40.4 Å². The summed E-state index contributed by atoms with van der Waals surface area (Å²) >= 11 is 12.4. The van der Waals surface area contributed by atoms with Crippen LogP contribution >= 0.6 is 23.2 Å². The van der Waals surface area contributed by atoms with Crippen molar-refractivity contribution in [2.45, 2.75) is 34.3 Å². The molecular weight excluding hydrogens is 1580 g/mol. The largest absolute Gasteiger partial charge is 1.00 e. The molecule has 0 radical (unpaired) electrons. The second kappa shape index (κ2) is 35.4. The molecule has 55 heteroatoms. The number of nitrogen functional groups attached to an aromatic ring is 2. The van der Waals surface area contributed by atoms with Gasteiger partial charge in [-0.05, 0) is 124 Å². The molecule has 0 atom stereocenters. The third-order valence-electron chi connectivity index (χ3n) is 11.8. The maximum absolute atomic E-state index is 12.9. The fraction of sp³-hybridized carbons (Fsp3) is 0. The SMILES string of the molecule is Nc1c(N=Nc2cc(N=c3nc(Cl)[nH]c(=Nc4cc(N=c5nc(Cl)[nH]c(=Nc6ccc(S(=O)(=O)[O-])c(N=Nc7c(S(=O)(=O)O)cc8cc(S(=O)(=O)[O-])cc([O-])c8c7N)c6)[nH]5)ccc4S(=O)(=O)[O-])[nH]3)ccc2S(=O)(=O)[O-])c(S(=O)(=O)O)cc2cc(S(=O)(=O)[O-])cc([O-])c12.[Na+].[Na+].[Na+].[Na+].[Na+].[Na+].[Na+]. The number of hydrogen-bond acceptors (Lipinski definition) is 33. The van der Waals surface area contributed by atoms with E-state index < -0.39 is 211 Å². The minimum atomic E-state index is -5.49. The van der Waals surface area contributed by atoms with E-state index in [0.717, 1.165) is 42.5 Å². The minimum Gasteiger partial charge on any atom is -0.872 e. The summed E-state index contributed by atoms with van der Waals surface area (Å²) in [5.41, 5.74) is 2.84. The monoisotopic (exact) mass is 1600 g/mol. The van der Waals surface area contributed by atoms with Crippen molar-refractivity contribution in [3.63, 3.8) is 0 Å². The van der Waals surface area contributed by atoms with Crippen molar-refractivity contribution in [1.29, 1.82) is 0 Å². The van der Waals surface area contributed by atoms with Crippen molar-refractivity contribution in [3.05, 3.63) is 124 Å². The van der Waals surface area contributed by atoms with Crippen LogP contribution in [0.1, 0.15) is 0 Å². The molecule has 2 heterocycles. The van der Waals surface area contributed by atoms with E-state index in [9.17, 15) is 101 Å². The Kier molecular flexibility index (Phi) is 33.1. The van der Waals surface area contributed by atoms with Crippen LogP contribution in [0.3, 0.4) is 0 Å². The molecule has 0 aliphatic carbocycles. The summed E-state index contributed by atoms with van der Waals surface area (Å²) < 4.78 is 252. The molecule has 7 aromatic carbocycles. The number of halogens is 2. The predicted octanol–water partition coefficient (Wildman–Crippen LogP) is -19.5. The summed E-state index contributed by atoms with van der Waals surface area (Å²) in [4.78, 5) is 26.4. The molecule has 0 aliphatic rings. The van der Waals surface area contributed by atoms with Gasteiger partial charge in [0.1, 0.15) is 83.1 Å². The number of nitrogens with one attached hydrogen (secondary N) is 4. The first-order chi connectivity index (χ1) is 42.4. The smallest absolute Gasteiger partial charge is 0.872 e. The molecule has 0 saturated carbocycles. The Morgan fingerprint density at radius 3 is 1.02 bits per heavy atom. The van der Waals surface area contributed by atoms with Crippen LogP contribution in [0, 0.1) is 0 Å². The van der Waals surface area contributed by atoms with Gasteiger partial charge in [0.15, 0.2) is 0 Å². The quantitative estimate of drug-likeness (QED) is 0.0204. The number of anilines is 2. The average Bonchev–Trinajstić information content (AvgIpc) is 0.758. The number of H-pyrrole nitrogens is 4. The Bertz CT molecular complexity index is 6000. The molecule has 9 rings (SSSR count). The van der Waals surface area contributed by atoms with Gasteiger partial charge in [0.05, 0.1) is 58.6 Å². The molecule has 9 aromatic rings. The van der Waals surface area contributed by atoms with Gasteiger partial charge in [0.2, 0.25) is 33.0 Å². The van der Waals surface area contributed by atoms with Crippen LogP contribution in [0.2, 0.25) is 10.6 Å². The normalized spacial score (nSPS) is 13.0. The molecule has 39 nitrogen and oxygen atoms in total. The van der Waals surface area contributed by atoms with Gasteiger partial charge in [-0.25, -0.2) is 62.1 Å². The molecule has 2 aromatic heterocycles. The number of aromatic amines is 4. The number of rotatable bonds is 15. The van der Waals surface area contributed by atoms with E-state index in [-0.39, 0.29) is 224 Å². The van der Waals surface area contributed by atoms with Crippen LogP contribution in [-0.2, 0) is 70.8 Å². The number of benzene rings is 7. The van der Waals surface area contributed by atoms with E-state index in [1.807, 2.05) is 0 Å². The first-order valence-corrected chi connectivity index (χ1v) is 34.2. The zero-order valence-electron chi connectivity index (χ0n) is 50.9. The summed E-state index contributed by atoms with van der Waals surface area (Å²) in [5, 5.41) is 36.8. The van der Waals surface area contributed by atoms with Gasteiger partial charge in [-0.1, -0.05) is 23.6 Å². The molecule has 0 aliphatic heterocycles. The Labute approximate surface area is 720 Å². The number of azo groups is 2. The van der Waals surface area contributed by atoms with Gasteiger partial charge >= 0.3 is 207 Å². The van der Waals surface area contributed by atoms with E-state index in [0.29, 0.717) is 48.5 Å². The van der Waals surface area contributed by atoms with Crippen LogP contribution in [0.5, 0.6) is 11.5 Å². The second-order valence-electron chi connectivity index (χ2n) is 18.0. The molecule has 99 heavy (non-hydrogen) atoms. The third kappa shape index (κ3) is 22.6. The summed E-state index contributed by atoms with van der Waals surface area (Å²) in [6.45, 7) is 0. The fourth-order valence-corrected chi connectivity index (χ4v) is 12.6. The molecule has 0 bridgehead atoms. The van der Waals surface area contributed by atoms with E-state index in [1.165, 1.54) is 0 Å². The molecule has 482 valence electrons. The van der Waals surface area contributed by atoms with Gasteiger partial charge < -0.3 is 54.4 Å². The van der Waals surface area contributed by atoms with Crippen molar-refractivity contribution < 1.29 is 308 Å². The third-order valence-corrected chi connectivity index (χ3v) is 18.2. The fourth-order valence-electron chi connectivity index (χ4n) is 8.13. The van der Waals surface area contributed by atoms with Gasteiger partial charge in [-0.3, -0.25) is 19.1 Å². The van der Waals surface area contributed by atoms with Crippen LogP contribution < -0.4 is 251 Å². The van der Waals surface area contributed by atoms with Crippen molar-refractivity contribution in [2.75, 3.05) is 11.5 Å². The Hall–Kier alpha value is -2.37.